The molecular weight excluding hydrogens is 250 g/mol. The maximum atomic E-state index is 6.19. The molecule has 0 aliphatic heterocycles. The maximum absolute atomic E-state index is 6.19. The van der Waals surface area contributed by atoms with Crippen LogP contribution in [0.2, 0.25) is 5.02 Å². The molecule has 0 aliphatic carbocycles. The molecule has 0 atom stereocenters. The second kappa shape index (κ2) is 4.57. The minimum Gasteiger partial charge on any atom is -0.382 e. The van der Waals surface area contributed by atoms with Crippen LogP contribution in [0.1, 0.15) is 37.0 Å². The van der Waals surface area contributed by atoms with E-state index in [1.54, 1.807) is 4.68 Å². The molecule has 5 nitrogen and oxygen atoms in total. The Bertz CT molecular complexity index is 568. The number of rotatable bonds is 2. The molecular formula is C12H16ClN5. The van der Waals surface area contributed by atoms with Crippen molar-refractivity contribution in [1.29, 1.82) is 0 Å². The van der Waals surface area contributed by atoms with Crippen molar-refractivity contribution in [2.24, 2.45) is 0 Å². The van der Waals surface area contributed by atoms with E-state index < -0.39 is 0 Å². The van der Waals surface area contributed by atoms with Crippen molar-refractivity contribution < 1.29 is 0 Å². The van der Waals surface area contributed by atoms with Crippen molar-refractivity contribution in [3.63, 3.8) is 0 Å². The number of nitrogens with two attached hydrogens (primary N) is 1. The molecule has 0 saturated carbocycles. The fourth-order valence-corrected chi connectivity index (χ4v) is 2.12. The summed E-state index contributed by atoms with van der Waals surface area (Å²) in [5.74, 6) is 1.95. The predicted octanol–water partition coefficient (Wildman–Crippen LogP) is 2.64. The highest BCUT2D eigenvalue weighted by Gasteiger charge is 2.18. The van der Waals surface area contributed by atoms with Gasteiger partial charge in [-0.25, -0.2) is 9.97 Å². The second-order valence-electron chi connectivity index (χ2n) is 4.57. The summed E-state index contributed by atoms with van der Waals surface area (Å²) < 4.78 is 1.57. The van der Waals surface area contributed by atoms with Crippen molar-refractivity contribution >= 4 is 17.4 Å². The summed E-state index contributed by atoms with van der Waals surface area (Å²) in [4.78, 5) is 8.56. The van der Waals surface area contributed by atoms with Crippen molar-refractivity contribution in [2.45, 2.75) is 33.6 Å². The van der Waals surface area contributed by atoms with E-state index >= 15 is 0 Å². The van der Waals surface area contributed by atoms with Gasteiger partial charge in [0.05, 0.1) is 5.69 Å². The summed E-state index contributed by atoms with van der Waals surface area (Å²) in [7, 11) is 0. The van der Waals surface area contributed by atoms with Crippen molar-refractivity contribution in [2.75, 3.05) is 5.73 Å². The number of halogens is 1. The molecule has 0 unspecified atom stereocenters. The van der Waals surface area contributed by atoms with Crippen molar-refractivity contribution in [3.8, 4) is 5.82 Å². The fraction of sp³-hybridized carbons (Fsp3) is 0.417. The predicted molar refractivity (Wildman–Crippen MR) is 72.1 cm³/mol. The quantitative estimate of drug-likeness (QED) is 0.906. The van der Waals surface area contributed by atoms with Gasteiger partial charge in [0, 0.05) is 11.8 Å². The second-order valence-corrected chi connectivity index (χ2v) is 4.94. The van der Waals surface area contributed by atoms with Gasteiger partial charge in [0.25, 0.3) is 0 Å². The highest BCUT2D eigenvalue weighted by molar-refractivity contribution is 6.33. The van der Waals surface area contributed by atoms with Crippen LogP contribution in [0.4, 0.5) is 5.82 Å². The number of aryl methyl sites for hydroxylation is 2. The first-order valence-corrected chi connectivity index (χ1v) is 6.14. The standard InChI is InChI=1S/C12H16ClN5/c1-6(2)11-10(13)12(14)18(17-11)9-5-7(3)15-8(4)16-9/h5-6H,14H2,1-4H3. The van der Waals surface area contributed by atoms with Crippen molar-refractivity contribution in [1.82, 2.24) is 19.7 Å². The van der Waals surface area contributed by atoms with E-state index in [4.69, 9.17) is 17.3 Å². The fourth-order valence-electron chi connectivity index (χ4n) is 1.78. The molecule has 0 fully saturated rings. The molecule has 2 heterocycles. The molecule has 0 aliphatic rings. The van der Waals surface area contributed by atoms with E-state index in [1.165, 1.54) is 0 Å². The summed E-state index contributed by atoms with van der Waals surface area (Å²) in [6, 6.07) is 1.83. The van der Waals surface area contributed by atoms with Crippen molar-refractivity contribution in [3.05, 3.63) is 28.3 Å². The smallest absolute Gasteiger partial charge is 0.159 e. The van der Waals surface area contributed by atoms with E-state index in [0.29, 0.717) is 22.5 Å². The third-order valence-electron chi connectivity index (χ3n) is 2.60. The Hall–Kier alpha value is -1.62. The molecule has 0 aromatic carbocycles. The number of aromatic nitrogens is 4. The third-order valence-corrected chi connectivity index (χ3v) is 2.99. The molecule has 2 rings (SSSR count). The van der Waals surface area contributed by atoms with Gasteiger partial charge in [-0.15, -0.1) is 0 Å². The van der Waals surface area contributed by atoms with Gasteiger partial charge >= 0.3 is 0 Å². The molecule has 0 bridgehead atoms. The zero-order chi connectivity index (χ0) is 13.4. The third kappa shape index (κ3) is 2.18. The van der Waals surface area contributed by atoms with Crippen LogP contribution in [0.5, 0.6) is 0 Å². The Morgan fingerprint density at radius 1 is 1.28 bits per heavy atom. The van der Waals surface area contributed by atoms with Gasteiger partial charge in [0.1, 0.15) is 16.7 Å². The Labute approximate surface area is 111 Å². The average Bonchev–Trinajstić information content (AvgIpc) is 2.55. The lowest BCUT2D eigenvalue weighted by Gasteiger charge is -2.05. The lowest BCUT2D eigenvalue weighted by molar-refractivity contribution is 0.755. The van der Waals surface area contributed by atoms with Crippen LogP contribution < -0.4 is 5.73 Å². The lowest BCUT2D eigenvalue weighted by atomic mass is 10.1. The van der Waals surface area contributed by atoms with Gasteiger partial charge in [-0.05, 0) is 19.8 Å². The average molecular weight is 266 g/mol. The van der Waals surface area contributed by atoms with E-state index in [9.17, 15) is 0 Å². The minimum atomic E-state index is 0.213. The van der Waals surface area contributed by atoms with Crippen LogP contribution in [-0.4, -0.2) is 19.7 Å². The summed E-state index contributed by atoms with van der Waals surface area (Å²) in [6.07, 6.45) is 0. The number of nitrogens with zero attached hydrogens (tertiary/aromatic N) is 4. The first-order valence-electron chi connectivity index (χ1n) is 5.76. The number of anilines is 1. The molecule has 0 spiro atoms. The van der Waals surface area contributed by atoms with Gasteiger partial charge in [-0.1, -0.05) is 25.4 Å². The molecule has 0 amide bonds. The molecule has 2 aromatic rings. The van der Waals surface area contributed by atoms with E-state index in [2.05, 4.69) is 15.1 Å². The molecule has 0 radical (unpaired) electrons. The monoisotopic (exact) mass is 265 g/mol. The van der Waals surface area contributed by atoms with Gasteiger partial charge < -0.3 is 5.73 Å². The highest BCUT2D eigenvalue weighted by Crippen LogP contribution is 2.30. The molecule has 2 N–H and O–H groups in total. The minimum absolute atomic E-state index is 0.213. The lowest BCUT2D eigenvalue weighted by Crippen LogP contribution is -2.07. The normalized spacial score (nSPS) is 11.2. The number of nitrogen functional groups attached to an aromatic ring is 1. The zero-order valence-electron chi connectivity index (χ0n) is 10.9. The van der Waals surface area contributed by atoms with Crippen LogP contribution in [-0.2, 0) is 0 Å². The summed E-state index contributed by atoms with van der Waals surface area (Å²) >= 11 is 6.19. The molecule has 0 saturated heterocycles. The summed E-state index contributed by atoms with van der Waals surface area (Å²) in [6.45, 7) is 7.78. The summed E-state index contributed by atoms with van der Waals surface area (Å²) in [5, 5.41) is 4.93. The van der Waals surface area contributed by atoms with Crippen LogP contribution in [0.3, 0.4) is 0 Å². The van der Waals surface area contributed by atoms with Gasteiger partial charge in [-0.3, -0.25) is 0 Å². The summed E-state index contributed by atoms with van der Waals surface area (Å²) in [5.41, 5.74) is 7.63. The Kier molecular flexibility index (Phi) is 3.26. The Morgan fingerprint density at radius 3 is 2.44 bits per heavy atom. The van der Waals surface area contributed by atoms with Crippen LogP contribution >= 0.6 is 11.6 Å². The maximum Gasteiger partial charge on any atom is 0.159 e. The zero-order valence-corrected chi connectivity index (χ0v) is 11.7. The van der Waals surface area contributed by atoms with Gasteiger partial charge in [0.2, 0.25) is 0 Å². The largest absolute Gasteiger partial charge is 0.382 e. The molecule has 18 heavy (non-hydrogen) atoms. The van der Waals surface area contributed by atoms with Crippen LogP contribution in [0.15, 0.2) is 6.07 Å². The Morgan fingerprint density at radius 2 is 1.94 bits per heavy atom. The number of hydrogen-bond donors (Lipinski definition) is 1. The van der Waals surface area contributed by atoms with Crippen LogP contribution in [0, 0.1) is 13.8 Å². The molecule has 2 aromatic heterocycles. The molecule has 96 valence electrons. The topological polar surface area (TPSA) is 69.6 Å². The number of hydrogen-bond acceptors (Lipinski definition) is 4. The van der Waals surface area contributed by atoms with E-state index in [-0.39, 0.29) is 5.92 Å². The van der Waals surface area contributed by atoms with Crippen LogP contribution in [0.25, 0.3) is 5.82 Å². The van der Waals surface area contributed by atoms with Gasteiger partial charge in [-0.2, -0.15) is 9.78 Å². The first-order chi connectivity index (χ1) is 8.40. The highest BCUT2D eigenvalue weighted by atomic mass is 35.5. The molecule has 6 heteroatoms. The first kappa shape index (κ1) is 12.8. The van der Waals surface area contributed by atoms with E-state index in [0.717, 1.165) is 11.4 Å². The van der Waals surface area contributed by atoms with E-state index in [1.807, 2.05) is 33.8 Å². The SMILES string of the molecule is Cc1cc(-n2nc(C(C)C)c(Cl)c2N)nc(C)n1. The van der Waals surface area contributed by atoms with Gasteiger partial charge in [0.15, 0.2) is 5.82 Å². The Balaban J connectivity index is 2.60.